The van der Waals surface area contributed by atoms with Gasteiger partial charge in [0.1, 0.15) is 5.82 Å². The summed E-state index contributed by atoms with van der Waals surface area (Å²) in [6.45, 7) is 0.855. The second kappa shape index (κ2) is 8.39. The number of carboxylic acid groups (broad SMARTS) is 1. The third kappa shape index (κ3) is 5.46. The van der Waals surface area contributed by atoms with Crippen LogP contribution in [0.4, 0.5) is 4.39 Å². The summed E-state index contributed by atoms with van der Waals surface area (Å²) >= 11 is 0. The van der Waals surface area contributed by atoms with E-state index in [9.17, 15) is 14.0 Å². The zero-order valence-corrected chi connectivity index (χ0v) is 11.3. The number of carbonyl (C=O) groups is 2. The van der Waals surface area contributed by atoms with Crippen molar-refractivity contribution in [3.63, 3.8) is 0 Å². The SMILES string of the molecule is COCCNC(CCC(=O)O)C(=O)c1ccc(F)cc1. The zero-order chi connectivity index (χ0) is 15.0. The Morgan fingerprint density at radius 1 is 1.35 bits per heavy atom. The van der Waals surface area contributed by atoms with Gasteiger partial charge in [0.2, 0.25) is 0 Å². The van der Waals surface area contributed by atoms with E-state index in [1.165, 1.54) is 31.4 Å². The molecule has 0 heterocycles. The van der Waals surface area contributed by atoms with E-state index in [1.54, 1.807) is 0 Å². The molecule has 1 aromatic rings. The van der Waals surface area contributed by atoms with Crippen molar-refractivity contribution in [2.24, 2.45) is 0 Å². The van der Waals surface area contributed by atoms with Crippen LogP contribution in [0.25, 0.3) is 0 Å². The van der Waals surface area contributed by atoms with Crippen molar-refractivity contribution in [1.82, 2.24) is 5.32 Å². The summed E-state index contributed by atoms with van der Waals surface area (Å²) in [5.41, 5.74) is 0.353. The van der Waals surface area contributed by atoms with E-state index < -0.39 is 17.8 Å². The van der Waals surface area contributed by atoms with E-state index in [0.717, 1.165) is 0 Å². The van der Waals surface area contributed by atoms with Gasteiger partial charge in [-0.1, -0.05) is 0 Å². The monoisotopic (exact) mass is 283 g/mol. The normalized spacial score (nSPS) is 12.1. The average Bonchev–Trinajstić information content (AvgIpc) is 2.42. The molecule has 1 rings (SSSR count). The van der Waals surface area contributed by atoms with Crippen LogP contribution in [-0.2, 0) is 9.53 Å². The zero-order valence-electron chi connectivity index (χ0n) is 11.3. The third-order valence-corrected chi connectivity index (χ3v) is 2.79. The lowest BCUT2D eigenvalue weighted by molar-refractivity contribution is -0.137. The molecule has 2 N–H and O–H groups in total. The molecular formula is C14H18FNO4. The standard InChI is InChI=1S/C14H18FNO4/c1-20-9-8-16-12(6-7-13(17)18)14(19)10-2-4-11(15)5-3-10/h2-5,12,16H,6-9H2,1H3,(H,17,18). The van der Waals surface area contributed by atoms with Crippen molar-refractivity contribution >= 4 is 11.8 Å². The van der Waals surface area contributed by atoms with Crippen LogP contribution in [0.15, 0.2) is 24.3 Å². The number of Topliss-reactive ketones (excluding diaryl/α,β-unsaturated/α-hetero) is 1. The minimum atomic E-state index is -0.963. The molecule has 1 atom stereocenters. The molecule has 20 heavy (non-hydrogen) atoms. The van der Waals surface area contributed by atoms with Gasteiger partial charge in [-0.3, -0.25) is 9.59 Å². The largest absolute Gasteiger partial charge is 0.481 e. The Hall–Kier alpha value is -1.79. The van der Waals surface area contributed by atoms with Crippen LogP contribution in [0.3, 0.4) is 0 Å². The van der Waals surface area contributed by atoms with E-state index >= 15 is 0 Å². The summed E-state index contributed by atoms with van der Waals surface area (Å²) in [5, 5.41) is 11.7. The van der Waals surface area contributed by atoms with Crippen molar-refractivity contribution < 1.29 is 23.8 Å². The van der Waals surface area contributed by atoms with Gasteiger partial charge in [0.25, 0.3) is 0 Å². The van der Waals surface area contributed by atoms with Crippen LogP contribution in [0, 0.1) is 5.82 Å². The number of ether oxygens (including phenoxy) is 1. The molecule has 0 amide bonds. The van der Waals surface area contributed by atoms with Gasteiger partial charge in [-0.05, 0) is 30.7 Å². The number of rotatable bonds is 9. The maximum atomic E-state index is 12.8. The predicted molar refractivity (Wildman–Crippen MR) is 71.3 cm³/mol. The summed E-state index contributed by atoms with van der Waals surface area (Å²) < 4.78 is 17.7. The second-order valence-corrected chi connectivity index (χ2v) is 4.30. The number of carboxylic acids is 1. The van der Waals surface area contributed by atoms with Gasteiger partial charge in [0.15, 0.2) is 5.78 Å². The lowest BCUT2D eigenvalue weighted by Gasteiger charge is -2.16. The maximum Gasteiger partial charge on any atom is 0.303 e. The van der Waals surface area contributed by atoms with E-state index in [2.05, 4.69) is 5.32 Å². The van der Waals surface area contributed by atoms with Crippen LogP contribution in [0.1, 0.15) is 23.2 Å². The van der Waals surface area contributed by atoms with Crippen molar-refractivity contribution in [1.29, 1.82) is 0 Å². The van der Waals surface area contributed by atoms with Gasteiger partial charge in [0.05, 0.1) is 12.6 Å². The molecule has 1 aromatic carbocycles. The lowest BCUT2D eigenvalue weighted by atomic mass is 10.00. The number of benzene rings is 1. The molecule has 0 spiro atoms. The highest BCUT2D eigenvalue weighted by atomic mass is 19.1. The molecule has 0 radical (unpaired) electrons. The lowest BCUT2D eigenvalue weighted by Crippen LogP contribution is -2.39. The summed E-state index contributed by atoms with van der Waals surface area (Å²) in [5.74, 6) is -1.63. The van der Waals surface area contributed by atoms with Crippen LogP contribution >= 0.6 is 0 Å². The first kappa shape index (κ1) is 16.3. The molecule has 1 unspecified atom stereocenters. The first-order valence-corrected chi connectivity index (χ1v) is 6.28. The van der Waals surface area contributed by atoms with Crippen molar-refractivity contribution in [3.8, 4) is 0 Å². The van der Waals surface area contributed by atoms with E-state index in [1.807, 2.05) is 0 Å². The highest BCUT2D eigenvalue weighted by molar-refractivity contribution is 6.00. The number of nitrogens with one attached hydrogen (secondary N) is 1. The predicted octanol–water partition coefficient (Wildman–Crippen LogP) is 1.48. The van der Waals surface area contributed by atoms with Crippen LogP contribution < -0.4 is 5.32 Å². The summed E-state index contributed by atoms with van der Waals surface area (Å²) in [7, 11) is 1.54. The Labute approximate surface area is 116 Å². The van der Waals surface area contributed by atoms with Gasteiger partial charge in [-0.15, -0.1) is 0 Å². The quantitative estimate of drug-likeness (QED) is 0.530. The molecule has 6 heteroatoms. The van der Waals surface area contributed by atoms with Crippen LogP contribution in [0.2, 0.25) is 0 Å². The Morgan fingerprint density at radius 3 is 2.55 bits per heavy atom. The topological polar surface area (TPSA) is 75.6 Å². The number of aliphatic carboxylic acids is 1. The third-order valence-electron chi connectivity index (χ3n) is 2.79. The van der Waals surface area contributed by atoms with E-state index in [0.29, 0.717) is 18.7 Å². The number of carbonyl (C=O) groups excluding carboxylic acids is 1. The fourth-order valence-electron chi connectivity index (χ4n) is 1.74. The summed E-state index contributed by atoms with van der Waals surface area (Å²) in [4.78, 5) is 22.9. The Balaban J connectivity index is 2.71. The van der Waals surface area contributed by atoms with E-state index in [-0.39, 0.29) is 18.6 Å². The molecule has 0 aliphatic carbocycles. The number of methoxy groups -OCH3 is 1. The molecule has 0 saturated heterocycles. The molecular weight excluding hydrogens is 265 g/mol. The van der Waals surface area contributed by atoms with Crippen molar-refractivity contribution in [3.05, 3.63) is 35.6 Å². The van der Waals surface area contributed by atoms with Gasteiger partial charge < -0.3 is 15.2 Å². The molecule has 0 fully saturated rings. The van der Waals surface area contributed by atoms with Crippen LogP contribution in [0.5, 0.6) is 0 Å². The minimum Gasteiger partial charge on any atom is -0.481 e. The fraction of sp³-hybridized carbons (Fsp3) is 0.429. The number of hydrogen-bond donors (Lipinski definition) is 2. The first-order chi connectivity index (χ1) is 9.54. The molecule has 5 nitrogen and oxygen atoms in total. The van der Waals surface area contributed by atoms with E-state index in [4.69, 9.17) is 9.84 Å². The number of ketones is 1. The average molecular weight is 283 g/mol. The second-order valence-electron chi connectivity index (χ2n) is 4.30. The maximum absolute atomic E-state index is 12.8. The Morgan fingerprint density at radius 2 is 2.00 bits per heavy atom. The highest BCUT2D eigenvalue weighted by Gasteiger charge is 2.20. The fourth-order valence-corrected chi connectivity index (χ4v) is 1.74. The molecule has 110 valence electrons. The van der Waals surface area contributed by atoms with Gasteiger partial charge in [0, 0.05) is 25.6 Å². The van der Waals surface area contributed by atoms with Gasteiger partial charge in [-0.25, -0.2) is 4.39 Å². The first-order valence-electron chi connectivity index (χ1n) is 6.28. The highest BCUT2D eigenvalue weighted by Crippen LogP contribution is 2.09. The van der Waals surface area contributed by atoms with Crippen LogP contribution in [-0.4, -0.2) is 43.2 Å². The van der Waals surface area contributed by atoms with Gasteiger partial charge in [-0.2, -0.15) is 0 Å². The molecule has 0 bridgehead atoms. The molecule has 0 aliphatic rings. The number of halogens is 1. The molecule has 0 saturated carbocycles. The van der Waals surface area contributed by atoms with Crippen molar-refractivity contribution in [2.45, 2.75) is 18.9 Å². The minimum absolute atomic E-state index is 0.114. The Kier molecular flexibility index (Phi) is 6.83. The molecule has 0 aromatic heterocycles. The van der Waals surface area contributed by atoms with Gasteiger partial charge >= 0.3 is 5.97 Å². The van der Waals surface area contributed by atoms with Crippen molar-refractivity contribution in [2.75, 3.05) is 20.3 Å². The summed E-state index contributed by atoms with van der Waals surface area (Å²) in [6, 6.07) is 4.58. The molecule has 0 aliphatic heterocycles. The Bertz CT molecular complexity index is 447. The number of hydrogen-bond acceptors (Lipinski definition) is 4. The summed E-state index contributed by atoms with van der Waals surface area (Å²) in [6.07, 6.45) is 0.0623. The smallest absolute Gasteiger partial charge is 0.303 e.